The van der Waals surface area contributed by atoms with Crippen molar-refractivity contribution in [3.63, 3.8) is 0 Å². The van der Waals surface area contributed by atoms with Crippen LogP contribution in [0.5, 0.6) is 0 Å². The van der Waals surface area contributed by atoms with E-state index in [2.05, 4.69) is 9.71 Å². The first-order valence-electron chi connectivity index (χ1n) is 6.17. The lowest BCUT2D eigenvalue weighted by molar-refractivity contribution is 0.0696. The zero-order valence-corrected chi connectivity index (χ0v) is 12.0. The van der Waals surface area contributed by atoms with Crippen molar-refractivity contribution in [1.82, 2.24) is 9.71 Å². The predicted molar refractivity (Wildman–Crippen MR) is 76.4 cm³/mol. The van der Waals surface area contributed by atoms with Gasteiger partial charge in [-0.2, -0.15) is 0 Å². The van der Waals surface area contributed by atoms with Crippen molar-refractivity contribution in [2.75, 3.05) is 0 Å². The summed E-state index contributed by atoms with van der Waals surface area (Å²) in [4.78, 5) is 14.9. The molecule has 0 bridgehead atoms. The molecule has 6 nitrogen and oxygen atoms in total. The number of carboxylic acid groups (broad SMARTS) is 1. The second-order valence-electron chi connectivity index (χ2n) is 4.43. The van der Waals surface area contributed by atoms with Crippen LogP contribution in [0, 0.1) is 0 Å². The van der Waals surface area contributed by atoms with Gasteiger partial charge in [0.25, 0.3) is 0 Å². The molecule has 0 saturated carbocycles. The molecule has 0 aliphatic heterocycles. The van der Waals surface area contributed by atoms with Crippen LogP contribution < -0.4 is 4.72 Å². The number of rotatable bonds is 5. The van der Waals surface area contributed by atoms with Gasteiger partial charge in [0, 0.05) is 6.20 Å². The van der Waals surface area contributed by atoms with E-state index in [9.17, 15) is 13.2 Å². The van der Waals surface area contributed by atoms with E-state index in [1.165, 1.54) is 24.3 Å². The lowest BCUT2D eigenvalue weighted by Gasteiger charge is -2.13. The van der Waals surface area contributed by atoms with Gasteiger partial charge in [0.2, 0.25) is 10.0 Å². The Balaban J connectivity index is 2.20. The third-order valence-corrected chi connectivity index (χ3v) is 4.43. The van der Waals surface area contributed by atoms with E-state index < -0.39 is 22.0 Å². The summed E-state index contributed by atoms with van der Waals surface area (Å²) in [5.41, 5.74) is 0.634. The van der Waals surface area contributed by atoms with Crippen LogP contribution in [-0.4, -0.2) is 24.5 Å². The highest BCUT2D eigenvalue weighted by atomic mass is 32.2. The highest BCUT2D eigenvalue weighted by Crippen LogP contribution is 2.15. The summed E-state index contributed by atoms with van der Waals surface area (Å²) < 4.78 is 26.9. The first-order valence-corrected chi connectivity index (χ1v) is 7.65. The standard InChI is InChI=1S/C14H14N2O4S/c1-10(13-4-2-3-9-15-13)16-21(19,20)12-7-5-11(6-8-12)14(17)18/h2-10,16H,1H3,(H,17,18)/t10-/m0/s1. The summed E-state index contributed by atoms with van der Waals surface area (Å²) in [6.45, 7) is 1.69. The molecule has 0 spiro atoms. The van der Waals surface area contributed by atoms with Crippen LogP contribution in [0.3, 0.4) is 0 Å². The summed E-state index contributed by atoms with van der Waals surface area (Å²) in [5, 5.41) is 8.80. The number of benzene rings is 1. The Hall–Kier alpha value is -2.25. The van der Waals surface area contributed by atoms with Crippen molar-refractivity contribution in [2.24, 2.45) is 0 Å². The van der Waals surface area contributed by atoms with Gasteiger partial charge < -0.3 is 5.11 Å². The first kappa shape index (κ1) is 15.1. The largest absolute Gasteiger partial charge is 0.478 e. The summed E-state index contributed by atoms with van der Waals surface area (Å²) in [6, 6.07) is 9.78. The molecule has 110 valence electrons. The molecule has 2 aromatic rings. The maximum Gasteiger partial charge on any atom is 0.335 e. The lowest BCUT2D eigenvalue weighted by atomic mass is 10.2. The summed E-state index contributed by atoms with van der Waals surface area (Å²) in [6.07, 6.45) is 1.59. The number of carbonyl (C=O) groups is 1. The Morgan fingerprint density at radius 3 is 2.38 bits per heavy atom. The van der Waals surface area contributed by atoms with Crippen LogP contribution in [0.25, 0.3) is 0 Å². The number of hydrogen-bond acceptors (Lipinski definition) is 4. The van der Waals surface area contributed by atoms with Crippen molar-refractivity contribution in [3.8, 4) is 0 Å². The molecule has 0 unspecified atom stereocenters. The number of aromatic nitrogens is 1. The SMILES string of the molecule is C[C@H](NS(=O)(=O)c1ccc(C(=O)O)cc1)c1ccccn1. The minimum Gasteiger partial charge on any atom is -0.478 e. The van der Waals surface area contributed by atoms with Crippen LogP contribution in [0.4, 0.5) is 0 Å². The zero-order chi connectivity index (χ0) is 15.5. The molecular weight excluding hydrogens is 292 g/mol. The number of aromatic carboxylic acids is 1. The molecule has 0 aliphatic carbocycles. The molecule has 1 aromatic heterocycles. The maximum atomic E-state index is 12.2. The maximum absolute atomic E-state index is 12.2. The van der Waals surface area contributed by atoms with Crippen LogP contribution in [0.2, 0.25) is 0 Å². The van der Waals surface area contributed by atoms with Crippen LogP contribution >= 0.6 is 0 Å². The van der Waals surface area contributed by atoms with Gasteiger partial charge in [-0.15, -0.1) is 0 Å². The molecule has 1 atom stereocenters. The average molecular weight is 306 g/mol. The molecule has 7 heteroatoms. The van der Waals surface area contributed by atoms with Crippen molar-refractivity contribution in [1.29, 1.82) is 0 Å². The molecule has 2 N–H and O–H groups in total. The van der Waals surface area contributed by atoms with Gasteiger partial charge in [-0.05, 0) is 43.3 Å². The number of nitrogens with one attached hydrogen (secondary N) is 1. The normalized spacial score (nSPS) is 12.8. The van der Waals surface area contributed by atoms with E-state index in [1.807, 2.05) is 0 Å². The second-order valence-corrected chi connectivity index (χ2v) is 6.14. The van der Waals surface area contributed by atoms with Gasteiger partial charge in [-0.1, -0.05) is 6.07 Å². The van der Waals surface area contributed by atoms with Gasteiger partial charge in [0.15, 0.2) is 0 Å². The third kappa shape index (κ3) is 3.65. The Bertz CT molecular complexity index is 727. The third-order valence-electron chi connectivity index (χ3n) is 2.87. The van der Waals surface area contributed by atoms with Gasteiger partial charge in [0.1, 0.15) is 0 Å². The monoisotopic (exact) mass is 306 g/mol. The van der Waals surface area contributed by atoms with E-state index in [0.29, 0.717) is 5.69 Å². The molecular formula is C14H14N2O4S. The highest BCUT2D eigenvalue weighted by Gasteiger charge is 2.19. The topological polar surface area (TPSA) is 96.4 Å². The van der Waals surface area contributed by atoms with Crippen molar-refractivity contribution < 1.29 is 18.3 Å². The molecule has 1 aromatic carbocycles. The molecule has 2 rings (SSSR count). The fraction of sp³-hybridized carbons (Fsp3) is 0.143. The first-order chi connectivity index (χ1) is 9.90. The fourth-order valence-electron chi connectivity index (χ4n) is 1.77. The van der Waals surface area contributed by atoms with E-state index in [-0.39, 0.29) is 10.5 Å². The van der Waals surface area contributed by atoms with Crippen LogP contribution in [-0.2, 0) is 10.0 Å². The van der Waals surface area contributed by atoms with Crippen molar-refractivity contribution >= 4 is 16.0 Å². The van der Waals surface area contributed by atoms with Gasteiger partial charge in [-0.25, -0.2) is 17.9 Å². The van der Waals surface area contributed by atoms with E-state index >= 15 is 0 Å². The Labute approximate surface area is 122 Å². The van der Waals surface area contributed by atoms with E-state index in [1.54, 1.807) is 31.3 Å². The predicted octanol–water partition coefficient (Wildman–Crippen LogP) is 1.82. The minimum atomic E-state index is -3.73. The molecule has 1 heterocycles. The number of carboxylic acids is 1. The van der Waals surface area contributed by atoms with Gasteiger partial charge in [0.05, 0.1) is 22.2 Å². The molecule has 0 radical (unpaired) electrons. The lowest BCUT2D eigenvalue weighted by Crippen LogP contribution is -2.27. The van der Waals surface area contributed by atoms with Gasteiger partial charge >= 0.3 is 5.97 Å². The fourth-order valence-corrected chi connectivity index (χ4v) is 2.99. The second kappa shape index (κ2) is 6.02. The smallest absolute Gasteiger partial charge is 0.335 e. The van der Waals surface area contributed by atoms with E-state index in [0.717, 1.165) is 0 Å². The number of nitrogens with zero attached hydrogens (tertiary/aromatic N) is 1. The van der Waals surface area contributed by atoms with Gasteiger partial charge in [-0.3, -0.25) is 4.98 Å². The molecule has 0 amide bonds. The highest BCUT2D eigenvalue weighted by molar-refractivity contribution is 7.89. The molecule has 21 heavy (non-hydrogen) atoms. The van der Waals surface area contributed by atoms with Crippen molar-refractivity contribution in [3.05, 3.63) is 59.9 Å². The molecule has 0 saturated heterocycles. The van der Waals surface area contributed by atoms with Crippen LogP contribution in [0.15, 0.2) is 53.6 Å². The summed E-state index contributed by atoms with van der Waals surface area (Å²) in [5.74, 6) is -1.10. The summed E-state index contributed by atoms with van der Waals surface area (Å²) >= 11 is 0. The Kier molecular flexibility index (Phi) is 4.35. The molecule has 0 fully saturated rings. The molecule has 0 aliphatic rings. The summed E-state index contributed by atoms with van der Waals surface area (Å²) in [7, 11) is -3.73. The van der Waals surface area contributed by atoms with Crippen molar-refractivity contribution in [2.45, 2.75) is 17.9 Å². The number of hydrogen-bond donors (Lipinski definition) is 2. The minimum absolute atomic E-state index is 0.00952. The number of pyridine rings is 1. The zero-order valence-electron chi connectivity index (χ0n) is 11.2. The van der Waals surface area contributed by atoms with Crippen LogP contribution in [0.1, 0.15) is 29.0 Å². The average Bonchev–Trinajstić information content (AvgIpc) is 2.48. The Morgan fingerprint density at radius 2 is 1.86 bits per heavy atom. The Morgan fingerprint density at radius 1 is 1.19 bits per heavy atom. The quantitative estimate of drug-likeness (QED) is 0.878. The van der Waals surface area contributed by atoms with E-state index in [4.69, 9.17) is 5.11 Å². The number of sulfonamides is 1.